The van der Waals surface area contributed by atoms with Crippen molar-refractivity contribution in [2.45, 2.75) is 38.2 Å². The highest BCUT2D eigenvalue weighted by atomic mass is 19.1. The third-order valence-electron chi connectivity index (χ3n) is 8.43. The number of carbonyl (C=O) groups is 5. The second kappa shape index (κ2) is 17.2. The minimum Gasteiger partial charge on any atom is -0.461 e. The summed E-state index contributed by atoms with van der Waals surface area (Å²) in [5.41, 5.74) is 2.72. The maximum absolute atomic E-state index is 15.0. The van der Waals surface area contributed by atoms with Gasteiger partial charge in [-0.05, 0) is 48.2 Å². The van der Waals surface area contributed by atoms with Gasteiger partial charge in [-0.2, -0.15) is 0 Å². The molecule has 0 bridgehead atoms. The van der Waals surface area contributed by atoms with Crippen LogP contribution in [-0.4, -0.2) is 67.5 Å². The van der Waals surface area contributed by atoms with Crippen LogP contribution in [0.25, 0.3) is 22.3 Å². The number of carbonyl (C=O) groups excluding carboxylic acids is 5. The molecule has 13 heteroatoms. The minimum atomic E-state index is -1.37. The Hall–Kier alpha value is -6.11. The van der Waals surface area contributed by atoms with Gasteiger partial charge in [0.15, 0.2) is 12.8 Å². The Kier molecular flexibility index (Phi) is 12.3. The summed E-state index contributed by atoms with van der Waals surface area (Å²) in [4.78, 5) is 63.1. The Labute approximate surface area is 298 Å². The molecule has 0 radical (unpaired) electrons. The van der Waals surface area contributed by atoms with Gasteiger partial charge in [0.25, 0.3) is 0 Å². The molecule has 1 saturated heterocycles. The lowest BCUT2D eigenvalue weighted by molar-refractivity contribution is -0.155. The molecule has 1 aliphatic rings. The molecule has 4 aromatic rings. The van der Waals surface area contributed by atoms with E-state index in [4.69, 9.17) is 18.9 Å². The summed E-state index contributed by atoms with van der Waals surface area (Å²) >= 11 is 0. The number of nitrogens with one attached hydrogen (secondary N) is 1. The van der Waals surface area contributed by atoms with E-state index in [1.54, 1.807) is 72.8 Å². The highest BCUT2D eigenvalue weighted by Gasteiger charge is 2.28. The molecular weight excluding hydrogens is 678 g/mol. The second-order valence-electron chi connectivity index (χ2n) is 12.0. The second-order valence-corrected chi connectivity index (χ2v) is 12.0. The van der Waals surface area contributed by atoms with E-state index >= 15 is 8.78 Å². The van der Waals surface area contributed by atoms with E-state index in [1.807, 2.05) is 12.1 Å². The van der Waals surface area contributed by atoms with Crippen molar-refractivity contribution >= 4 is 30.0 Å². The van der Waals surface area contributed by atoms with Gasteiger partial charge in [0.1, 0.15) is 24.8 Å². The van der Waals surface area contributed by atoms with E-state index in [2.05, 4.69) is 5.32 Å². The number of halogens is 2. The first-order valence-electron chi connectivity index (χ1n) is 16.4. The maximum Gasteiger partial charge on any atom is 0.510 e. The van der Waals surface area contributed by atoms with Crippen molar-refractivity contribution in [2.24, 2.45) is 0 Å². The lowest BCUT2D eigenvalue weighted by Gasteiger charge is -2.26. The predicted molar refractivity (Wildman–Crippen MR) is 184 cm³/mol. The topological polar surface area (TPSA) is 138 Å². The molecule has 11 nitrogen and oxygen atoms in total. The van der Waals surface area contributed by atoms with E-state index in [-0.39, 0.29) is 13.0 Å². The van der Waals surface area contributed by atoms with Crippen molar-refractivity contribution < 1.29 is 51.7 Å². The molecule has 2 atom stereocenters. The molecule has 270 valence electrons. The summed E-state index contributed by atoms with van der Waals surface area (Å²) in [6.07, 6.45) is -2.64. The van der Waals surface area contributed by atoms with Crippen LogP contribution in [0.2, 0.25) is 0 Å². The number of benzene rings is 4. The molecule has 1 N–H and O–H groups in total. The Balaban J connectivity index is 1.22. The molecule has 1 aliphatic heterocycles. The average molecular weight is 715 g/mol. The molecule has 0 saturated carbocycles. The monoisotopic (exact) mass is 714 g/mol. The molecule has 1 fully saturated rings. The number of rotatable bonds is 13. The number of amides is 3. The van der Waals surface area contributed by atoms with Gasteiger partial charge in [0.05, 0.1) is 11.8 Å². The van der Waals surface area contributed by atoms with Crippen LogP contribution in [0, 0.1) is 11.6 Å². The van der Waals surface area contributed by atoms with Gasteiger partial charge in [-0.25, -0.2) is 18.4 Å². The zero-order valence-electron chi connectivity index (χ0n) is 28.4. The van der Waals surface area contributed by atoms with Crippen molar-refractivity contribution in [2.75, 3.05) is 26.5 Å². The van der Waals surface area contributed by atoms with Crippen LogP contribution < -0.4 is 5.32 Å². The van der Waals surface area contributed by atoms with Gasteiger partial charge in [-0.1, -0.05) is 84.9 Å². The Morgan fingerprint density at radius 3 is 1.63 bits per heavy atom. The average Bonchev–Trinajstić information content (AvgIpc) is 3.15. The molecular formula is C39H36F2N2O9. The van der Waals surface area contributed by atoms with E-state index in [0.29, 0.717) is 33.4 Å². The highest BCUT2D eigenvalue weighted by Crippen LogP contribution is 2.28. The van der Waals surface area contributed by atoms with Crippen LogP contribution in [0.3, 0.4) is 0 Å². The number of imide groups is 1. The van der Waals surface area contributed by atoms with Gasteiger partial charge in [0.2, 0.25) is 5.91 Å². The summed E-state index contributed by atoms with van der Waals surface area (Å²) in [6, 6.07) is 25.8. The van der Waals surface area contributed by atoms with Crippen LogP contribution >= 0.6 is 0 Å². The lowest BCUT2D eigenvalue weighted by Crippen LogP contribution is -2.50. The zero-order chi connectivity index (χ0) is 37.2. The number of hydrogen-bond acceptors (Lipinski definition) is 9. The van der Waals surface area contributed by atoms with Crippen LogP contribution in [-0.2, 0) is 33.3 Å². The first kappa shape index (κ1) is 37.2. The van der Waals surface area contributed by atoms with Gasteiger partial charge >= 0.3 is 24.1 Å². The molecule has 3 amide bonds. The Morgan fingerprint density at radius 2 is 1.19 bits per heavy atom. The summed E-state index contributed by atoms with van der Waals surface area (Å²) in [7, 11) is 0. The molecule has 5 rings (SSSR count). The zero-order valence-corrected chi connectivity index (χ0v) is 28.4. The van der Waals surface area contributed by atoms with Gasteiger partial charge in [0, 0.05) is 24.1 Å². The van der Waals surface area contributed by atoms with Gasteiger partial charge in [-0.15, -0.1) is 0 Å². The lowest BCUT2D eigenvalue weighted by atomic mass is 9.97. The van der Waals surface area contributed by atoms with Crippen LogP contribution in [0.15, 0.2) is 97.1 Å². The van der Waals surface area contributed by atoms with E-state index in [0.717, 1.165) is 4.90 Å². The van der Waals surface area contributed by atoms with E-state index in [1.165, 1.54) is 26.0 Å². The van der Waals surface area contributed by atoms with Gasteiger partial charge in [-0.3, -0.25) is 24.6 Å². The summed E-state index contributed by atoms with van der Waals surface area (Å²) < 4.78 is 51.1. The number of nitrogens with zero attached hydrogens (tertiary/aromatic N) is 1. The number of ether oxygens (including phenoxy) is 4. The largest absolute Gasteiger partial charge is 0.510 e. The summed E-state index contributed by atoms with van der Waals surface area (Å²) in [6.45, 7) is 1.33. The molecule has 1 heterocycles. The SMILES string of the molecule is CC(C(=O)OCC(COC(=O)C(C)c1ccc(-c2ccccc2)c(F)c1)OC(=O)OCN1CCC(=O)NC1=O)c1ccc(-c2ccccc2)c(F)c1. The van der Waals surface area contributed by atoms with Gasteiger partial charge < -0.3 is 18.9 Å². The van der Waals surface area contributed by atoms with Crippen molar-refractivity contribution in [3.05, 3.63) is 120 Å². The van der Waals surface area contributed by atoms with Crippen LogP contribution in [0.1, 0.15) is 43.2 Å². The van der Waals surface area contributed by atoms with Crippen LogP contribution in [0.4, 0.5) is 18.4 Å². The first-order valence-corrected chi connectivity index (χ1v) is 16.4. The summed E-state index contributed by atoms with van der Waals surface area (Å²) in [5, 5.41) is 2.09. The standard InChI is InChI=1S/C39H36F2N2O9/c1-24(28-13-15-31(33(40)19-28)26-9-5-3-6-10-26)36(45)49-21-30(52-39(48)51-23-43-18-17-35(44)42-38(43)47)22-50-37(46)25(2)29-14-16-32(34(41)20-29)27-11-7-4-8-12-27/h3-16,19-20,24-25,30H,17-18,21-23H2,1-2H3,(H,42,44,47). The fourth-order valence-corrected chi connectivity index (χ4v) is 5.32. The third kappa shape index (κ3) is 9.56. The van der Waals surface area contributed by atoms with Crippen LogP contribution in [0.5, 0.6) is 0 Å². The minimum absolute atomic E-state index is 0.00617. The highest BCUT2D eigenvalue weighted by molar-refractivity contribution is 5.96. The number of esters is 2. The van der Waals surface area contributed by atoms with E-state index < -0.39 is 79.6 Å². The summed E-state index contributed by atoms with van der Waals surface area (Å²) in [5.74, 6) is -4.95. The smallest absolute Gasteiger partial charge is 0.461 e. The molecule has 0 spiro atoms. The van der Waals surface area contributed by atoms with Crippen molar-refractivity contribution in [1.82, 2.24) is 10.2 Å². The van der Waals surface area contributed by atoms with Crippen molar-refractivity contribution in [1.29, 1.82) is 0 Å². The normalized spacial score (nSPS) is 14.4. The molecule has 0 aromatic heterocycles. The predicted octanol–water partition coefficient (Wildman–Crippen LogP) is 6.71. The third-order valence-corrected chi connectivity index (χ3v) is 8.43. The first-order chi connectivity index (χ1) is 25.0. The molecule has 4 aromatic carbocycles. The number of urea groups is 1. The van der Waals surface area contributed by atoms with E-state index in [9.17, 15) is 24.0 Å². The Bertz CT molecular complexity index is 1810. The quantitative estimate of drug-likeness (QED) is 0.118. The number of hydrogen-bond donors (Lipinski definition) is 1. The molecule has 52 heavy (non-hydrogen) atoms. The molecule has 0 aliphatic carbocycles. The van der Waals surface area contributed by atoms with Crippen molar-refractivity contribution in [3.8, 4) is 22.3 Å². The molecule has 2 unspecified atom stereocenters. The Morgan fingerprint density at radius 1 is 0.712 bits per heavy atom. The fraction of sp³-hybridized carbons (Fsp3) is 0.256. The maximum atomic E-state index is 15.0. The van der Waals surface area contributed by atoms with Crippen molar-refractivity contribution in [3.63, 3.8) is 0 Å². The fourth-order valence-electron chi connectivity index (χ4n) is 5.32.